The van der Waals surface area contributed by atoms with Gasteiger partial charge in [-0.15, -0.1) is 0 Å². The number of rotatable bonds is 6. The fraction of sp³-hybridized carbons (Fsp3) is 0.786. The standard InChI is InChI=1S/C14H24N2O5/c1-3-14(2)6-8-16(9-7-14)13(21)15-10(12(19)20)4-5-11(17)18/h10H,3-9H2,1-2H3,(H,15,21)(H,17,18)(H,19,20)/t10-/m0/s1. The maximum atomic E-state index is 12.1. The first-order chi connectivity index (χ1) is 9.77. The first kappa shape index (κ1) is 17.3. The van der Waals surface area contributed by atoms with Gasteiger partial charge in [-0.3, -0.25) is 4.79 Å². The van der Waals surface area contributed by atoms with Crippen LogP contribution in [0, 0.1) is 5.41 Å². The van der Waals surface area contributed by atoms with Gasteiger partial charge in [0.05, 0.1) is 0 Å². The number of likely N-dealkylation sites (tertiary alicyclic amines) is 1. The lowest BCUT2D eigenvalue weighted by Crippen LogP contribution is -2.51. The van der Waals surface area contributed by atoms with Gasteiger partial charge in [0, 0.05) is 19.5 Å². The maximum Gasteiger partial charge on any atom is 0.326 e. The molecule has 0 aromatic carbocycles. The third kappa shape index (κ3) is 5.24. The normalized spacial score (nSPS) is 18.9. The predicted octanol–water partition coefficient (Wildman–Crippen LogP) is 1.53. The van der Waals surface area contributed by atoms with E-state index in [-0.39, 0.29) is 18.3 Å². The van der Waals surface area contributed by atoms with Gasteiger partial charge in [-0.05, 0) is 24.7 Å². The maximum absolute atomic E-state index is 12.1. The molecule has 0 aromatic heterocycles. The van der Waals surface area contributed by atoms with E-state index in [4.69, 9.17) is 10.2 Å². The summed E-state index contributed by atoms with van der Waals surface area (Å²) in [7, 11) is 0. The molecule has 0 saturated carbocycles. The van der Waals surface area contributed by atoms with Gasteiger partial charge >= 0.3 is 18.0 Å². The molecule has 21 heavy (non-hydrogen) atoms. The van der Waals surface area contributed by atoms with Crippen LogP contribution in [0.15, 0.2) is 0 Å². The van der Waals surface area contributed by atoms with Crippen LogP contribution in [0.2, 0.25) is 0 Å². The average Bonchev–Trinajstić information content (AvgIpc) is 2.43. The number of urea groups is 1. The molecule has 1 aliphatic heterocycles. The molecule has 0 bridgehead atoms. The molecule has 7 heteroatoms. The molecule has 1 atom stereocenters. The zero-order valence-corrected chi connectivity index (χ0v) is 12.6. The summed E-state index contributed by atoms with van der Waals surface area (Å²) in [6, 6.07) is -1.58. The number of hydrogen-bond donors (Lipinski definition) is 3. The van der Waals surface area contributed by atoms with E-state index in [1.807, 2.05) is 0 Å². The Balaban J connectivity index is 2.51. The van der Waals surface area contributed by atoms with Gasteiger partial charge in [0.25, 0.3) is 0 Å². The minimum Gasteiger partial charge on any atom is -0.481 e. The van der Waals surface area contributed by atoms with Crippen molar-refractivity contribution < 1.29 is 24.6 Å². The van der Waals surface area contributed by atoms with Crippen LogP contribution < -0.4 is 5.32 Å². The van der Waals surface area contributed by atoms with Crippen molar-refractivity contribution in [2.24, 2.45) is 5.41 Å². The molecule has 0 spiro atoms. The lowest BCUT2D eigenvalue weighted by atomic mass is 9.78. The molecule has 2 amide bonds. The summed E-state index contributed by atoms with van der Waals surface area (Å²) in [6.07, 6.45) is 2.44. The molecule has 0 radical (unpaired) electrons. The summed E-state index contributed by atoms with van der Waals surface area (Å²) >= 11 is 0. The number of carboxylic acid groups (broad SMARTS) is 2. The van der Waals surface area contributed by atoms with Gasteiger partial charge in [0.2, 0.25) is 0 Å². The first-order valence-corrected chi connectivity index (χ1v) is 7.27. The first-order valence-electron chi connectivity index (χ1n) is 7.27. The SMILES string of the molecule is CCC1(C)CCN(C(=O)N[C@@H](CCC(=O)O)C(=O)O)CC1. The average molecular weight is 300 g/mol. The Labute approximate surface area is 124 Å². The third-order valence-electron chi connectivity index (χ3n) is 4.35. The molecule has 0 aromatic rings. The lowest BCUT2D eigenvalue weighted by molar-refractivity contribution is -0.140. The van der Waals surface area contributed by atoms with Crippen molar-refractivity contribution in [2.45, 2.75) is 52.0 Å². The molecule has 0 aliphatic carbocycles. The quantitative estimate of drug-likeness (QED) is 0.689. The van der Waals surface area contributed by atoms with Crippen LogP contribution in [0.3, 0.4) is 0 Å². The minimum atomic E-state index is -1.21. The van der Waals surface area contributed by atoms with Crippen molar-refractivity contribution in [1.82, 2.24) is 10.2 Å². The van der Waals surface area contributed by atoms with Crippen LogP contribution in [-0.2, 0) is 9.59 Å². The second-order valence-electron chi connectivity index (χ2n) is 5.92. The van der Waals surface area contributed by atoms with Gasteiger partial charge < -0.3 is 20.4 Å². The number of nitrogens with one attached hydrogen (secondary N) is 1. The second-order valence-corrected chi connectivity index (χ2v) is 5.92. The van der Waals surface area contributed by atoms with Gasteiger partial charge in [-0.1, -0.05) is 20.3 Å². The number of carbonyl (C=O) groups is 3. The van der Waals surface area contributed by atoms with Crippen LogP contribution in [0.5, 0.6) is 0 Å². The number of aliphatic carboxylic acids is 2. The fourth-order valence-corrected chi connectivity index (χ4v) is 2.37. The van der Waals surface area contributed by atoms with E-state index in [2.05, 4.69) is 19.2 Å². The van der Waals surface area contributed by atoms with Crippen LogP contribution in [0.4, 0.5) is 4.79 Å². The predicted molar refractivity (Wildman–Crippen MR) is 76.0 cm³/mol. The topological polar surface area (TPSA) is 107 Å². The minimum absolute atomic E-state index is 0.114. The highest BCUT2D eigenvalue weighted by atomic mass is 16.4. The monoisotopic (exact) mass is 300 g/mol. The number of carbonyl (C=O) groups excluding carboxylic acids is 1. The zero-order valence-electron chi connectivity index (χ0n) is 12.6. The van der Waals surface area contributed by atoms with Crippen LogP contribution in [0.1, 0.15) is 46.0 Å². The van der Waals surface area contributed by atoms with Crippen molar-refractivity contribution in [3.8, 4) is 0 Å². The largest absolute Gasteiger partial charge is 0.481 e. The molecule has 1 aliphatic rings. The Hall–Kier alpha value is -1.79. The highest BCUT2D eigenvalue weighted by Gasteiger charge is 2.31. The number of piperidine rings is 1. The van der Waals surface area contributed by atoms with Crippen molar-refractivity contribution in [3.05, 3.63) is 0 Å². The van der Waals surface area contributed by atoms with Crippen LogP contribution in [0.25, 0.3) is 0 Å². The van der Waals surface area contributed by atoms with E-state index in [9.17, 15) is 14.4 Å². The molecule has 0 unspecified atom stereocenters. The Morgan fingerprint density at radius 3 is 2.24 bits per heavy atom. The molecule has 1 heterocycles. The summed E-state index contributed by atoms with van der Waals surface area (Å²) in [4.78, 5) is 35.2. The van der Waals surface area contributed by atoms with E-state index in [1.54, 1.807) is 4.90 Å². The Bertz CT molecular complexity index is 402. The van der Waals surface area contributed by atoms with Crippen molar-refractivity contribution in [1.29, 1.82) is 0 Å². The molecule has 120 valence electrons. The zero-order chi connectivity index (χ0) is 16.0. The van der Waals surface area contributed by atoms with Gasteiger partial charge in [-0.2, -0.15) is 0 Å². The number of hydrogen-bond acceptors (Lipinski definition) is 3. The number of amides is 2. The highest BCUT2D eigenvalue weighted by molar-refractivity contribution is 5.83. The van der Waals surface area contributed by atoms with Crippen LogP contribution in [-0.4, -0.2) is 52.2 Å². The van der Waals surface area contributed by atoms with Crippen molar-refractivity contribution >= 4 is 18.0 Å². The lowest BCUT2D eigenvalue weighted by Gasteiger charge is -2.39. The van der Waals surface area contributed by atoms with E-state index in [1.165, 1.54) is 0 Å². The Morgan fingerprint density at radius 1 is 1.24 bits per heavy atom. The van der Waals surface area contributed by atoms with Crippen molar-refractivity contribution in [2.75, 3.05) is 13.1 Å². The van der Waals surface area contributed by atoms with Crippen LogP contribution >= 0.6 is 0 Å². The summed E-state index contributed by atoms with van der Waals surface area (Å²) in [6.45, 7) is 5.51. The summed E-state index contributed by atoms with van der Waals surface area (Å²) in [5.74, 6) is -2.29. The number of carboxylic acids is 2. The summed E-state index contributed by atoms with van der Waals surface area (Å²) in [5, 5.41) is 20.0. The summed E-state index contributed by atoms with van der Waals surface area (Å²) < 4.78 is 0. The van der Waals surface area contributed by atoms with Gasteiger partial charge in [-0.25, -0.2) is 9.59 Å². The highest BCUT2D eigenvalue weighted by Crippen LogP contribution is 2.33. The molecule has 7 nitrogen and oxygen atoms in total. The fourth-order valence-electron chi connectivity index (χ4n) is 2.37. The second kappa shape index (κ2) is 7.28. The molecule has 1 saturated heterocycles. The van der Waals surface area contributed by atoms with E-state index in [0.29, 0.717) is 13.1 Å². The van der Waals surface area contributed by atoms with E-state index >= 15 is 0 Å². The van der Waals surface area contributed by atoms with E-state index in [0.717, 1.165) is 19.3 Å². The molecule has 1 fully saturated rings. The number of nitrogens with zero attached hydrogens (tertiary/aromatic N) is 1. The molecular weight excluding hydrogens is 276 g/mol. The molecule has 1 rings (SSSR count). The Morgan fingerprint density at radius 2 is 1.81 bits per heavy atom. The van der Waals surface area contributed by atoms with Crippen molar-refractivity contribution in [3.63, 3.8) is 0 Å². The summed E-state index contributed by atoms with van der Waals surface area (Å²) in [5.41, 5.74) is 0.242. The smallest absolute Gasteiger partial charge is 0.326 e. The molecular formula is C14H24N2O5. The van der Waals surface area contributed by atoms with Gasteiger partial charge in [0.15, 0.2) is 0 Å². The molecule has 3 N–H and O–H groups in total. The Kier molecular flexibility index (Phi) is 5.99. The third-order valence-corrected chi connectivity index (χ3v) is 4.35. The van der Waals surface area contributed by atoms with Gasteiger partial charge in [0.1, 0.15) is 6.04 Å². The van der Waals surface area contributed by atoms with E-state index < -0.39 is 24.0 Å².